The van der Waals surface area contributed by atoms with Gasteiger partial charge in [0.05, 0.1) is 4.99 Å². The molecule has 5 heteroatoms. The lowest BCUT2D eigenvalue weighted by Gasteiger charge is -2.04. The SMILES string of the molecule is Cc1sc(=O)n(CCCCC(N)=S)c1C. The maximum Gasteiger partial charge on any atom is 0.307 e. The van der Waals surface area contributed by atoms with E-state index in [2.05, 4.69) is 0 Å². The topological polar surface area (TPSA) is 48.0 Å². The van der Waals surface area contributed by atoms with Crippen molar-refractivity contribution in [2.75, 3.05) is 0 Å². The van der Waals surface area contributed by atoms with Crippen LogP contribution in [0, 0.1) is 13.8 Å². The summed E-state index contributed by atoms with van der Waals surface area (Å²) < 4.78 is 1.83. The molecule has 2 N–H and O–H groups in total. The molecule has 3 nitrogen and oxygen atoms in total. The molecule has 0 aliphatic carbocycles. The Morgan fingerprint density at radius 1 is 1.47 bits per heavy atom. The highest BCUT2D eigenvalue weighted by Crippen LogP contribution is 2.10. The molecule has 0 aromatic carbocycles. The Hall–Kier alpha value is -0.680. The van der Waals surface area contributed by atoms with Gasteiger partial charge >= 0.3 is 4.87 Å². The van der Waals surface area contributed by atoms with Gasteiger partial charge in [-0.05, 0) is 33.1 Å². The molecule has 0 unspecified atom stereocenters. The van der Waals surface area contributed by atoms with E-state index in [1.165, 1.54) is 11.3 Å². The fourth-order valence-corrected chi connectivity index (χ4v) is 2.42. The van der Waals surface area contributed by atoms with Crippen molar-refractivity contribution in [3.8, 4) is 0 Å². The van der Waals surface area contributed by atoms with Gasteiger partial charge in [-0.2, -0.15) is 0 Å². The lowest BCUT2D eigenvalue weighted by Crippen LogP contribution is -2.15. The average Bonchev–Trinajstić information content (AvgIpc) is 2.37. The Morgan fingerprint density at radius 3 is 2.60 bits per heavy atom. The number of unbranched alkanes of at least 4 members (excludes halogenated alkanes) is 1. The smallest absolute Gasteiger partial charge is 0.307 e. The van der Waals surface area contributed by atoms with E-state index in [1.807, 2.05) is 18.4 Å². The van der Waals surface area contributed by atoms with Crippen molar-refractivity contribution in [2.24, 2.45) is 5.73 Å². The first kappa shape index (κ1) is 12.4. The summed E-state index contributed by atoms with van der Waals surface area (Å²) in [6, 6.07) is 0. The minimum absolute atomic E-state index is 0.139. The van der Waals surface area contributed by atoms with Crippen molar-refractivity contribution < 1.29 is 0 Å². The van der Waals surface area contributed by atoms with Gasteiger partial charge in [0.15, 0.2) is 0 Å². The quantitative estimate of drug-likeness (QED) is 0.636. The third-order valence-corrected chi connectivity index (χ3v) is 3.63. The molecule has 0 aliphatic rings. The highest BCUT2D eigenvalue weighted by Gasteiger charge is 2.06. The van der Waals surface area contributed by atoms with Gasteiger partial charge < -0.3 is 10.3 Å². The standard InChI is InChI=1S/C10H16N2OS2/c1-7-8(2)15-10(13)12(7)6-4-3-5-9(11)14/h3-6H2,1-2H3,(H2,11,14). The van der Waals surface area contributed by atoms with Gasteiger partial charge in [-0.25, -0.2) is 0 Å². The van der Waals surface area contributed by atoms with Gasteiger partial charge in [0, 0.05) is 17.1 Å². The number of hydrogen-bond donors (Lipinski definition) is 1. The molecular weight excluding hydrogens is 228 g/mol. The number of aryl methyl sites for hydroxylation is 1. The van der Waals surface area contributed by atoms with E-state index >= 15 is 0 Å². The number of nitrogens with zero attached hydrogens (tertiary/aromatic N) is 1. The minimum Gasteiger partial charge on any atom is -0.393 e. The predicted octanol–water partition coefficient (Wildman–Crippen LogP) is 1.98. The van der Waals surface area contributed by atoms with Crippen LogP contribution in [0.5, 0.6) is 0 Å². The second-order valence-electron chi connectivity index (χ2n) is 3.58. The summed E-state index contributed by atoms with van der Waals surface area (Å²) in [7, 11) is 0. The van der Waals surface area contributed by atoms with E-state index in [4.69, 9.17) is 18.0 Å². The number of rotatable bonds is 5. The number of nitrogens with two attached hydrogens (primary N) is 1. The fraction of sp³-hybridized carbons (Fsp3) is 0.600. The van der Waals surface area contributed by atoms with Crippen molar-refractivity contribution in [3.05, 3.63) is 20.2 Å². The maximum atomic E-state index is 11.5. The molecule has 0 saturated heterocycles. The minimum atomic E-state index is 0.139. The van der Waals surface area contributed by atoms with Gasteiger partial charge in [0.2, 0.25) is 0 Å². The first-order chi connectivity index (χ1) is 7.02. The van der Waals surface area contributed by atoms with Gasteiger partial charge in [0.25, 0.3) is 0 Å². The summed E-state index contributed by atoms with van der Waals surface area (Å²) in [6.45, 7) is 4.74. The first-order valence-electron chi connectivity index (χ1n) is 4.97. The van der Waals surface area contributed by atoms with E-state index in [-0.39, 0.29) is 4.87 Å². The molecule has 1 aromatic rings. The van der Waals surface area contributed by atoms with Crippen LogP contribution in [0.15, 0.2) is 4.79 Å². The van der Waals surface area contributed by atoms with Crippen LogP contribution in [0.2, 0.25) is 0 Å². The van der Waals surface area contributed by atoms with E-state index < -0.39 is 0 Å². The van der Waals surface area contributed by atoms with Crippen molar-refractivity contribution in [1.82, 2.24) is 4.57 Å². The van der Waals surface area contributed by atoms with Crippen LogP contribution < -0.4 is 10.6 Å². The molecule has 0 atom stereocenters. The van der Waals surface area contributed by atoms with Gasteiger partial charge in [-0.1, -0.05) is 23.6 Å². The summed E-state index contributed by atoms with van der Waals surface area (Å²) in [6.07, 6.45) is 2.68. The Kier molecular flexibility index (Phi) is 4.47. The summed E-state index contributed by atoms with van der Waals surface area (Å²) in [5, 5.41) is 0. The molecule has 1 heterocycles. The normalized spacial score (nSPS) is 10.5. The zero-order valence-corrected chi connectivity index (χ0v) is 10.7. The van der Waals surface area contributed by atoms with E-state index in [9.17, 15) is 4.79 Å². The van der Waals surface area contributed by atoms with Gasteiger partial charge in [-0.15, -0.1) is 0 Å². The Balaban J connectivity index is 2.51. The Bertz CT molecular complexity index is 406. The van der Waals surface area contributed by atoms with Crippen molar-refractivity contribution in [1.29, 1.82) is 0 Å². The monoisotopic (exact) mass is 244 g/mol. The summed E-state index contributed by atoms with van der Waals surface area (Å²) in [5.74, 6) is 0. The van der Waals surface area contributed by atoms with Crippen LogP contribution in [0.4, 0.5) is 0 Å². The predicted molar refractivity (Wildman–Crippen MR) is 68.7 cm³/mol. The molecular formula is C10H16N2OS2. The fourth-order valence-electron chi connectivity index (χ4n) is 1.42. The largest absolute Gasteiger partial charge is 0.393 e. The number of aromatic nitrogens is 1. The first-order valence-corrected chi connectivity index (χ1v) is 6.20. The summed E-state index contributed by atoms with van der Waals surface area (Å²) >= 11 is 6.11. The highest BCUT2D eigenvalue weighted by atomic mass is 32.1. The van der Waals surface area contributed by atoms with Crippen molar-refractivity contribution >= 4 is 28.5 Å². The summed E-state index contributed by atoms with van der Waals surface area (Å²) in [4.78, 5) is 13.3. The molecule has 1 aromatic heterocycles. The second kappa shape index (κ2) is 5.42. The van der Waals surface area contributed by atoms with Crippen LogP contribution in [0.3, 0.4) is 0 Å². The zero-order valence-electron chi connectivity index (χ0n) is 9.08. The Labute approximate surface area is 98.9 Å². The third-order valence-electron chi connectivity index (χ3n) is 2.43. The molecule has 0 radical (unpaired) electrons. The molecule has 0 amide bonds. The molecule has 84 valence electrons. The van der Waals surface area contributed by atoms with Crippen LogP contribution >= 0.6 is 23.6 Å². The highest BCUT2D eigenvalue weighted by molar-refractivity contribution is 7.80. The maximum absolute atomic E-state index is 11.5. The van der Waals surface area contributed by atoms with Gasteiger partial charge in [-0.3, -0.25) is 4.79 Å². The summed E-state index contributed by atoms with van der Waals surface area (Å²) in [5.41, 5.74) is 6.48. The number of thiazole rings is 1. The van der Waals surface area contributed by atoms with Crippen LogP contribution in [-0.2, 0) is 6.54 Å². The lowest BCUT2D eigenvalue weighted by atomic mass is 10.2. The van der Waals surface area contributed by atoms with E-state index in [0.717, 1.165) is 36.4 Å². The third kappa shape index (κ3) is 3.43. The molecule has 0 spiro atoms. The molecule has 1 rings (SSSR count). The average molecular weight is 244 g/mol. The molecule has 0 aliphatic heterocycles. The van der Waals surface area contributed by atoms with Crippen molar-refractivity contribution in [2.45, 2.75) is 39.7 Å². The molecule has 15 heavy (non-hydrogen) atoms. The number of hydrogen-bond acceptors (Lipinski definition) is 3. The Morgan fingerprint density at radius 2 is 2.13 bits per heavy atom. The zero-order chi connectivity index (χ0) is 11.4. The van der Waals surface area contributed by atoms with Gasteiger partial charge in [0.1, 0.15) is 0 Å². The van der Waals surface area contributed by atoms with Crippen LogP contribution in [0.1, 0.15) is 29.8 Å². The second-order valence-corrected chi connectivity index (χ2v) is 5.27. The van der Waals surface area contributed by atoms with Crippen LogP contribution in [-0.4, -0.2) is 9.56 Å². The molecule has 0 bridgehead atoms. The number of thiocarbonyl (C=S) groups is 1. The van der Waals surface area contributed by atoms with Crippen molar-refractivity contribution in [3.63, 3.8) is 0 Å². The molecule has 0 fully saturated rings. The van der Waals surface area contributed by atoms with E-state index in [0.29, 0.717) is 4.99 Å². The lowest BCUT2D eigenvalue weighted by molar-refractivity contribution is 0.600. The van der Waals surface area contributed by atoms with Crippen LogP contribution in [0.25, 0.3) is 0 Å². The molecule has 0 saturated carbocycles. The van der Waals surface area contributed by atoms with E-state index in [1.54, 1.807) is 0 Å².